The van der Waals surface area contributed by atoms with Crippen LogP contribution in [0.5, 0.6) is 0 Å². The van der Waals surface area contributed by atoms with Crippen molar-refractivity contribution in [3.63, 3.8) is 0 Å². The molecule has 1 aromatic carbocycles. The molecule has 0 bridgehead atoms. The molecular formula is C11H16FN3O3S. The van der Waals surface area contributed by atoms with Crippen LogP contribution in [0.1, 0.15) is 6.92 Å². The van der Waals surface area contributed by atoms with Gasteiger partial charge in [-0.2, -0.15) is 0 Å². The largest absolute Gasteiger partial charge is 0.399 e. The molecule has 0 aliphatic carbocycles. The van der Waals surface area contributed by atoms with Gasteiger partial charge in [-0.3, -0.25) is 4.79 Å². The fourth-order valence-electron chi connectivity index (χ4n) is 1.29. The van der Waals surface area contributed by atoms with Gasteiger partial charge in [-0.15, -0.1) is 0 Å². The predicted molar refractivity (Wildman–Crippen MR) is 69.3 cm³/mol. The lowest BCUT2D eigenvalue weighted by Crippen LogP contribution is -2.38. The van der Waals surface area contributed by atoms with Crippen molar-refractivity contribution in [3.05, 3.63) is 24.0 Å². The summed E-state index contributed by atoms with van der Waals surface area (Å²) in [6.07, 6.45) is 0. The van der Waals surface area contributed by atoms with Crippen LogP contribution in [0.4, 0.5) is 10.1 Å². The third-order valence-corrected chi connectivity index (χ3v) is 3.90. The van der Waals surface area contributed by atoms with Gasteiger partial charge in [0.15, 0.2) is 0 Å². The number of nitrogen functional groups attached to an aromatic ring is 1. The van der Waals surface area contributed by atoms with Gasteiger partial charge in [-0.25, -0.2) is 17.5 Å². The van der Waals surface area contributed by atoms with E-state index in [2.05, 4.69) is 4.72 Å². The number of hydrogen-bond donors (Lipinski definition) is 2. The van der Waals surface area contributed by atoms with Crippen molar-refractivity contribution in [2.45, 2.75) is 11.8 Å². The topological polar surface area (TPSA) is 92.5 Å². The van der Waals surface area contributed by atoms with Gasteiger partial charge in [-0.1, -0.05) is 0 Å². The number of benzene rings is 1. The first-order valence-electron chi connectivity index (χ1n) is 5.56. The lowest BCUT2D eigenvalue weighted by atomic mass is 10.3. The van der Waals surface area contributed by atoms with Crippen molar-refractivity contribution in [3.8, 4) is 0 Å². The summed E-state index contributed by atoms with van der Waals surface area (Å²) in [6, 6.07) is 2.97. The number of anilines is 1. The predicted octanol–water partition coefficient (Wildman–Crippen LogP) is 0.165. The van der Waals surface area contributed by atoms with E-state index in [0.717, 1.165) is 18.2 Å². The number of nitrogens with one attached hydrogen (secondary N) is 1. The van der Waals surface area contributed by atoms with Gasteiger partial charge >= 0.3 is 0 Å². The maximum atomic E-state index is 13.1. The van der Waals surface area contributed by atoms with Crippen LogP contribution < -0.4 is 10.5 Å². The van der Waals surface area contributed by atoms with Crippen LogP contribution in [0.15, 0.2) is 23.1 Å². The summed E-state index contributed by atoms with van der Waals surface area (Å²) in [5.74, 6) is -1.13. The van der Waals surface area contributed by atoms with Crippen molar-refractivity contribution in [1.29, 1.82) is 0 Å². The number of carbonyl (C=O) groups excluding carboxylic acids is 1. The summed E-state index contributed by atoms with van der Waals surface area (Å²) in [6.45, 7) is 1.84. The number of likely N-dealkylation sites (N-methyl/N-ethyl adjacent to an activating group) is 1. The molecule has 106 valence electrons. The highest BCUT2D eigenvalue weighted by atomic mass is 32.2. The fraction of sp³-hybridized carbons (Fsp3) is 0.364. The lowest BCUT2D eigenvalue weighted by molar-refractivity contribution is -0.128. The molecule has 6 nitrogen and oxygen atoms in total. The zero-order valence-electron chi connectivity index (χ0n) is 10.7. The normalized spacial score (nSPS) is 11.3. The van der Waals surface area contributed by atoms with Crippen LogP contribution in [0.25, 0.3) is 0 Å². The molecule has 0 aliphatic heterocycles. The van der Waals surface area contributed by atoms with Crippen LogP contribution >= 0.6 is 0 Å². The molecule has 0 heterocycles. The number of halogens is 1. The van der Waals surface area contributed by atoms with Crippen molar-refractivity contribution in [2.24, 2.45) is 0 Å². The highest BCUT2D eigenvalue weighted by Gasteiger charge is 2.18. The van der Waals surface area contributed by atoms with Gasteiger partial charge in [0.1, 0.15) is 5.82 Å². The van der Waals surface area contributed by atoms with E-state index in [9.17, 15) is 17.6 Å². The first-order chi connectivity index (χ1) is 8.76. The van der Waals surface area contributed by atoms with Crippen LogP contribution in [-0.4, -0.2) is 39.4 Å². The summed E-state index contributed by atoms with van der Waals surface area (Å²) in [5.41, 5.74) is 5.37. The zero-order chi connectivity index (χ0) is 14.6. The molecule has 0 atom stereocenters. The molecule has 1 aromatic rings. The maximum Gasteiger partial charge on any atom is 0.241 e. The number of amides is 1. The van der Waals surface area contributed by atoms with E-state index in [1.54, 1.807) is 14.0 Å². The molecule has 1 amide bonds. The number of rotatable bonds is 5. The van der Waals surface area contributed by atoms with Crippen LogP contribution in [0.2, 0.25) is 0 Å². The number of nitrogens with two attached hydrogens (primary N) is 1. The maximum absolute atomic E-state index is 13.1. The molecule has 0 radical (unpaired) electrons. The van der Waals surface area contributed by atoms with Crippen molar-refractivity contribution in [2.75, 3.05) is 25.9 Å². The summed E-state index contributed by atoms with van der Waals surface area (Å²) in [7, 11) is -2.41. The molecule has 0 aromatic heterocycles. The minimum Gasteiger partial charge on any atom is -0.399 e. The summed E-state index contributed by atoms with van der Waals surface area (Å²) in [5, 5.41) is 0. The van der Waals surface area contributed by atoms with E-state index in [1.807, 2.05) is 0 Å². The Morgan fingerprint density at radius 2 is 2.05 bits per heavy atom. The molecular weight excluding hydrogens is 273 g/mol. The van der Waals surface area contributed by atoms with Gasteiger partial charge in [0.25, 0.3) is 0 Å². The second-order valence-corrected chi connectivity index (χ2v) is 5.72. The minimum atomic E-state index is -3.96. The SMILES string of the molecule is CCN(C)C(=O)CNS(=O)(=O)c1cc(N)cc(F)c1. The standard InChI is InChI=1S/C11H16FN3O3S/c1-3-15(2)11(16)7-14-19(17,18)10-5-8(12)4-9(13)6-10/h4-6,14H,3,7,13H2,1-2H3. The second kappa shape index (κ2) is 5.98. The molecule has 1 rings (SSSR count). The number of hydrogen-bond acceptors (Lipinski definition) is 4. The zero-order valence-corrected chi connectivity index (χ0v) is 11.5. The minimum absolute atomic E-state index is 0.00243. The third-order valence-electron chi connectivity index (χ3n) is 2.52. The molecule has 0 spiro atoms. The average Bonchev–Trinajstić information content (AvgIpc) is 2.33. The molecule has 0 saturated heterocycles. The molecule has 8 heteroatoms. The molecule has 0 aliphatic rings. The van der Waals surface area contributed by atoms with Crippen molar-refractivity contribution < 1.29 is 17.6 Å². The average molecular weight is 289 g/mol. The quantitative estimate of drug-likeness (QED) is 0.755. The Bertz CT molecular complexity index is 554. The van der Waals surface area contributed by atoms with Crippen LogP contribution in [0, 0.1) is 5.82 Å². The first-order valence-corrected chi connectivity index (χ1v) is 7.04. The smallest absolute Gasteiger partial charge is 0.241 e. The molecule has 0 saturated carbocycles. The third kappa shape index (κ3) is 4.18. The fourth-order valence-corrected chi connectivity index (χ4v) is 2.33. The Labute approximate surface area is 111 Å². The van der Waals surface area contributed by atoms with Gasteiger partial charge in [0.05, 0.1) is 11.4 Å². The number of nitrogens with zero attached hydrogens (tertiary/aromatic N) is 1. The summed E-state index contributed by atoms with van der Waals surface area (Å²) in [4.78, 5) is 12.5. The second-order valence-electron chi connectivity index (χ2n) is 3.95. The summed E-state index contributed by atoms with van der Waals surface area (Å²) >= 11 is 0. The Morgan fingerprint density at radius 3 is 2.58 bits per heavy atom. The monoisotopic (exact) mass is 289 g/mol. The van der Waals surface area contributed by atoms with Crippen molar-refractivity contribution >= 4 is 21.6 Å². The van der Waals surface area contributed by atoms with Gasteiger partial charge < -0.3 is 10.6 Å². The van der Waals surface area contributed by atoms with E-state index in [1.165, 1.54) is 4.90 Å². The Balaban J connectivity index is 2.84. The highest BCUT2D eigenvalue weighted by molar-refractivity contribution is 7.89. The Morgan fingerprint density at radius 1 is 1.42 bits per heavy atom. The van der Waals surface area contributed by atoms with Crippen LogP contribution in [-0.2, 0) is 14.8 Å². The van der Waals surface area contributed by atoms with Gasteiger partial charge in [0, 0.05) is 19.3 Å². The molecule has 3 N–H and O–H groups in total. The number of carbonyl (C=O) groups is 1. The Kier molecular flexibility index (Phi) is 4.84. The van der Waals surface area contributed by atoms with E-state index < -0.39 is 15.8 Å². The van der Waals surface area contributed by atoms with E-state index in [4.69, 9.17) is 5.73 Å². The Hall–Kier alpha value is -1.67. The van der Waals surface area contributed by atoms with Gasteiger partial charge in [0.2, 0.25) is 15.9 Å². The first kappa shape index (κ1) is 15.4. The lowest BCUT2D eigenvalue weighted by Gasteiger charge is -2.15. The van der Waals surface area contributed by atoms with Crippen LogP contribution in [0.3, 0.4) is 0 Å². The van der Waals surface area contributed by atoms with Crippen molar-refractivity contribution in [1.82, 2.24) is 9.62 Å². The van der Waals surface area contributed by atoms with Gasteiger partial charge in [-0.05, 0) is 25.1 Å². The highest BCUT2D eigenvalue weighted by Crippen LogP contribution is 2.15. The molecule has 0 fully saturated rings. The van der Waals surface area contributed by atoms with E-state index in [0.29, 0.717) is 6.54 Å². The number of sulfonamides is 1. The van der Waals surface area contributed by atoms with E-state index >= 15 is 0 Å². The van der Waals surface area contributed by atoms with E-state index in [-0.39, 0.29) is 23.0 Å². The molecule has 19 heavy (non-hydrogen) atoms. The summed E-state index contributed by atoms with van der Waals surface area (Å²) < 4.78 is 38.9. The molecule has 0 unspecified atom stereocenters.